The Hall–Kier alpha value is -1.25. The van der Waals surface area contributed by atoms with E-state index in [4.69, 9.17) is 0 Å². The summed E-state index contributed by atoms with van der Waals surface area (Å²) >= 11 is 1.59. The van der Waals surface area contributed by atoms with Crippen LogP contribution < -0.4 is 24.8 Å². The molecule has 0 aromatic heterocycles. The molecule has 2 aromatic carbocycles. The second-order valence-corrected chi connectivity index (χ2v) is 15.9. The van der Waals surface area contributed by atoms with E-state index in [0.29, 0.717) is 3.63 Å². The summed E-state index contributed by atoms with van der Waals surface area (Å²) in [6, 6.07) is 15.9. The zero-order valence-corrected chi connectivity index (χ0v) is 26.4. The van der Waals surface area contributed by atoms with Crippen LogP contribution in [0.15, 0.2) is 86.3 Å². The van der Waals surface area contributed by atoms with E-state index in [-0.39, 0.29) is 24.8 Å². The maximum atomic E-state index is 4.62. The molecule has 3 aliphatic heterocycles. The van der Waals surface area contributed by atoms with Crippen molar-refractivity contribution in [2.45, 2.75) is 57.3 Å². The third-order valence-corrected chi connectivity index (χ3v) is 13.1. The average molecular weight is 597 g/mol. The summed E-state index contributed by atoms with van der Waals surface area (Å²) in [6.45, 7) is 13.7. The van der Waals surface area contributed by atoms with Crippen molar-refractivity contribution in [2.75, 3.05) is 0 Å². The zero-order valence-electron chi connectivity index (χ0n) is 21.4. The summed E-state index contributed by atoms with van der Waals surface area (Å²) in [4.78, 5) is 4.62. The quantitative estimate of drug-likeness (QED) is 0.482. The van der Waals surface area contributed by atoms with Crippen molar-refractivity contribution in [3.8, 4) is 11.1 Å². The van der Waals surface area contributed by atoms with Gasteiger partial charge in [0.25, 0.3) is 0 Å². The molecule has 0 fully saturated rings. The number of hydrogen-bond acceptors (Lipinski definition) is 1. The Morgan fingerprint density at radius 1 is 0.914 bits per heavy atom. The van der Waals surface area contributed by atoms with Gasteiger partial charge in [-0.05, 0) is 35.9 Å². The predicted octanol–water partition coefficient (Wildman–Crippen LogP) is 2.09. The van der Waals surface area contributed by atoms with Gasteiger partial charge in [0.1, 0.15) is 8.07 Å². The monoisotopic (exact) mass is 594 g/mol. The molecule has 0 radical (unpaired) electrons. The summed E-state index contributed by atoms with van der Waals surface area (Å²) in [5.41, 5.74) is 14.1. The molecule has 3 heterocycles. The zero-order chi connectivity index (χ0) is 23.5. The van der Waals surface area contributed by atoms with Crippen LogP contribution in [0.4, 0.5) is 0 Å². The maximum absolute atomic E-state index is 4.62. The molecule has 5 heteroatoms. The minimum atomic E-state index is -1.15. The van der Waals surface area contributed by atoms with E-state index in [0.717, 1.165) is 0 Å². The molecule has 1 atom stereocenters. The largest absolute Gasteiger partial charge is 1.00 e. The van der Waals surface area contributed by atoms with Crippen LogP contribution in [-0.4, -0.2) is 13.8 Å². The van der Waals surface area contributed by atoms with Gasteiger partial charge in [-0.15, -0.1) is 0 Å². The summed E-state index contributed by atoms with van der Waals surface area (Å²) < 4.78 is 0.650. The third-order valence-electron chi connectivity index (χ3n) is 7.48. The van der Waals surface area contributed by atoms with Crippen molar-refractivity contribution >= 4 is 19.9 Å². The minimum Gasteiger partial charge on any atom is -1.00 e. The van der Waals surface area contributed by atoms with E-state index in [1.807, 2.05) is 0 Å². The first-order valence-electron chi connectivity index (χ1n) is 12.1. The Bertz CT molecular complexity index is 1330. The SMILES string of the molecule is CC1=NC2=C3C(C)=C(C2=C1)[Si]3(C)C.CCCc1ccc(-c2cccc3c2C=C(C)[CH]3[Zr+2])cc1.[Cl-].[Cl-]. The van der Waals surface area contributed by atoms with Crippen molar-refractivity contribution in [3.63, 3.8) is 0 Å². The van der Waals surface area contributed by atoms with Gasteiger partial charge in [-0.25, -0.2) is 0 Å². The van der Waals surface area contributed by atoms with Gasteiger partial charge in [0, 0.05) is 11.3 Å². The fraction of sp³-hybridized carbons (Fsp3) is 0.300. The van der Waals surface area contributed by atoms with Gasteiger partial charge in [0.05, 0.1) is 5.70 Å². The maximum Gasteiger partial charge on any atom is -1.00 e. The molecule has 1 unspecified atom stereocenters. The molecule has 0 saturated heterocycles. The second kappa shape index (κ2) is 10.6. The molecule has 0 saturated carbocycles. The normalized spacial score (nSPS) is 19.9. The standard InChI is InChI=1S/C19H19.C11H13NSi.2ClH.Zr/c1-3-5-15-8-10-16(11-9-15)18-7-4-6-17-12-14(2)13-19(17)18;1-6-5-8-9(12-6)11-7(2)10(8)13(11,3)4;;;/h4,6-13H,3,5H2,1-2H3;5H,1-4H3;2*1H;/q;;;;+2/p-2. The summed E-state index contributed by atoms with van der Waals surface area (Å²) in [5.74, 6) is 0. The Kier molecular flexibility index (Phi) is 8.60. The Labute approximate surface area is 239 Å². The molecule has 2 bridgehead atoms. The molecule has 7 rings (SSSR count). The molecule has 0 amide bonds. The predicted molar refractivity (Wildman–Crippen MR) is 141 cm³/mol. The fourth-order valence-corrected chi connectivity index (χ4v) is 10.7. The van der Waals surface area contributed by atoms with Gasteiger partial charge in [-0.3, -0.25) is 4.99 Å². The van der Waals surface area contributed by atoms with E-state index >= 15 is 0 Å². The van der Waals surface area contributed by atoms with Crippen LogP contribution in [0.2, 0.25) is 13.1 Å². The van der Waals surface area contributed by atoms with Crippen molar-refractivity contribution in [1.29, 1.82) is 0 Å². The van der Waals surface area contributed by atoms with E-state index in [1.54, 1.807) is 35.1 Å². The fourth-order valence-electron chi connectivity index (χ4n) is 6.01. The Morgan fingerprint density at radius 2 is 1.60 bits per heavy atom. The molecule has 5 aliphatic rings. The second-order valence-electron chi connectivity index (χ2n) is 10.2. The molecule has 35 heavy (non-hydrogen) atoms. The number of aliphatic imine (C=N–C) groups is 1. The van der Waals surface area contributed by atoms with Gasteiger partial charge in [0.2, 0.25) is 0 Å². The number of hydrogen-bond donors (Lipinski definition) is 0. The molecule has 179 valence electrons. The van der Waals surface area contributed by atoms with Gasteiger partial charge >= 0.3 is 137 Å². The van der Waals surface area contributed by atoms with Gasteiger partial charge in [-0.2, -0.15) is 0 Å². The van der Waals surface area contributed by atoms with Crippen LogP contribution in [0, 0.1) is 0 Å². The molecule has 2 aromatic rings. The van der Waals surface area contributed by atoms with Crippen molar-refractivity contribution in [2.24, 2.45) is 4.99 Å². The van der Waals surface area contributed by atoms with E-state index in [1.165, 1.54) is 68.8 Å². The van der Waals surface area contributed by atoms with Crippen LogP contribution in [0.25, 0.3) is 17.2 Å². The Morgan fingerprint density at radius 3 is 2.20 bits per heavy atom. The number of halogens is 2. The molecular formula is C30H32Cl2NSiZr. The van der Waals surface area contributed by atoms with Gasteiger partial charge in [0.15, 0.2) is 0 Å². The summed E-state index contributed by atoms with van der Waals surface area (Å²) in [6.07, 6.45) is 7.02. The average Bonchev–Trinajstić information content (AvgIpc) is 3.43. The molecular weight excluding hydrogens is 565 g/mol. The summed E-state index contributed by atoms with van der Waals surface area (Å²) in [5, 5.41) is 3.28. The number of allylic oxidation sites excluding steroid dienone is 5. The van der Waals surface area contributed by atoms with Crippen LogP contribution in [0.5, 0.6) is 0 Å². The van der Waals surface area contributed by atoms with Crippen molar-refractivity contribution in [3.05, 3.63) is 98.0 Å². The number of rotatable bonds is 3. The summed E-state index contributed by atoms with van der Waals surface area (Å²) in [7, 11) is -1.15. The smallest absolute Gasteiger partial charge is 1.00 e. The molecule has 1 nitrogen and oxygen atoms in total. The number of benzene rings is 2. The molecule has 0 N–H and O–H groups in total. The van der Waals surface area contributed by atoms with Crippen LogP contribution in [0.1, 0.15) is 54.4 Å². The number of nitrogens with zero attached hydrogens (tertiary/aromatic N) is 1. The van der Waals surface area contributed by atoms with E-state index in [2.05, 4.69) is 100 Å². The van der Waals surface area contributed by atoms with E-state index < -0.39 is 8.07 Å². The first kappa shape index (κ1) is 28.3. The van der Waals surface area contributed by atoms with Crippen molar-refractivity contribution < 1.29 is 49.5 Å². The number of fused-ring (bicyclic) bond motifs is 1. The van der Waals surface area contributed by atoms with Gasteiger partial charge in [-0.1, -0.05) is 13.1 Å². The first-order valence-corrected chi connectivity index (χ1v) is 16.5. The van der Waals surface area contributed by atoms with Crippen molar-refractivity contribution in [1.82, 2.24) is 0 Å². The molecule has 0 spiro atoms. The van der Waals surface area contributed by atoms with Crippen LogP contribution in [0.3, 0.4) is 0 Å². The topological polar surface area (TPSA) is 12.4 Å². The Balaban J connectivity index is 0.000000199. The minimum absolute atomic E-state index is 0. The number of aryl methyl sites for hydroxylation is 1. The molecule has 2 aliphatic carbocycles. The van der Waals surface area contributed by atoms with Crippen LogP contribution in [-0.2, 0) is 31.1 Å². The van der Waals surface area contributed by atoms with Gasteiger partial charge < -0.3 is 24.8 Å². The van der Waals surface area contributed by atoms with E-state index in [9.17, 15) is 0 Å². The first-order chi connectivity index (χ1) is 15.7. The third kappa shape index (κ3) is 4.63. The van der Waals surface area contributed by atoms with Crippen LogP contribution >= 0.6 is 0 Å².